The number of nitriles is 1. The number of ether oxygens (including phenoxy) is 1. The highest BCUT2D eigenvalue weighted by atomic mass is 16.5. The Balaban J connectivity index is 0.00000176. The molecule has 0 saturated carbocycles. The fourth-order valence-corrected chi connectivity index (χ4v) is 3.19. The van der Waals surface area contributed by atoms with Gasteiger partial charge in [0.1, 0.15) is 11.8 Å². The Morgan fingerprint density at radius 2 is 1.69 bits per heavy atom. The minimum Gasteiger partial charge on any atom is -0.507 e. The van der Waals surface area contributed by atoms with Crippen molar-refractivity contribution in [3.8, 4) is 23.1 Å². The molecule has 0 saturated heterocycles. The molecule has 1 heterocycles. The second-order valence-electron chi connectivity index (χ2n) is 6.93. The molecule has 3 aromatic rings. The zero-order valence-electron chi connectivity index (χ0n) is 19.1. The van der Waals surface area contributed by atoms with Gasteiger partial charge in [0.25, 0.3) is 5.91 Å². The number of esters is 1. The number of nitrogens with one attached hydrogen (secondary N) is 1. The normalized spacial score (nSPS) is 9.91. The number of hydrogen-bond donors (Lipinski definition) is 2. The van der Waals surface area contributed by atoms with Gasteiger partial charge in [-0.2, -0.15) is 5.26 Å². The van der Waals surface area contributed by atoms with Gasteiger partial charge >= 0.3 is 5.97 Å². The third-order valence-electron chi connectivity index (χ3n) is 5.03. The van der Waals surface area contributed by atoms with E-state index in [-0.39, 0.29) is 22.8 Å². The zero-order valence-corrected chi connectivity index (χ0v) is 19.1. The first-order valence-electron chi connectivity index (χ1n) is 10.2. The van der Waals surface area contributed by atoms with E-state index in [1.165, 1.54) is 19.2 Å². The second-order valence-corrected chi connectivity index (χ2v) is 6.93. The van der Waals surface area contributed by atoms with E-state index in [1.54, 1.807) is 24.6 Å². The Labute approximate surface area is 187 Å². The molecule has 0 aliphatic heterocycles. The molecule has 0 bridgehead atoms. The van der Waals surface area contributed by atoms with E-state index in [9.17, 15) is 20.0 Å². The van der Waals surface area contributed by atoms with Crippen molar-refractivity contribution in [3.05, 3.63) is 70.4 Å². The van der Waals surface area contributed by atoms with Crippen molar-refractivity contribution in [2.45, 2.75) is 27.7 Å². The highest BCUT2D eigenvalue weighted by Gasteiger charge is 2.23. The number of rotatable bonds is 4. The molecule has 0 radical (unpaired) electrons. The van der Waals surface area contributed by atoms with Crippen LogP contribution in [0.15, 0.2) is 42.5 Å². The number of aryl methyl sites for hydroxylation is 1. The van der Waals surface area contributed by atoms with Gasteiger partial charge in [-0.3, -0.25) is 4.79 Å². The van der Waals surface area contributed by atoms with Crippen LogP contribution in [0, 0.1) is 25.2 Å². The van der Waals surface area contributed by atoms with Crippen molar-refractivity contribution >= 4 is 17.6 Å². The number of aromatic hydroxyl groups is 1. The molecular weight excluding hydrogens is 406 g/mol. The van der Waals surface area contributed by atoms with Crippen molar-refractivity contribution in [1.82, 2.24) is 4.57 Å². The maximum absolute atomic E-state index is 12.9. The van der Waals surface area contributed by atoms with Crippen LogP contribution in [0.2, 0.25) is 0 Å². The van der Waals surface area contributed by atoms with Gasteiger partial charge < -0.3 is 19.7 Å². The number of nitrogens with zero attached hydrogens (tertiary/aromatic N) is 2. The van der Waals surface area contributed by atoms with Crippen molar-refractivity contribution < 1.29 is 19.4 Å². The number of carbonyl (C=O) groups is 2. The van der Waals surface area contributed by atoms with E-state index >= 15 is 0 Å². The van der Waals surface area contributed by atoms with Gasteiger partial charge in [0.05, 0.1) is 23.8 Å². The topological polar surface area (TPSA) is 104 Å². The predicted molar refractivity (Wildman–Crippen MR) is 124 cm³/mol. The van der Waals surface area contributed by atoms with Crippen LogP contribution in [-0.4, -0.2) is 28.7 Å². The molecule has 2 N–H and O–H groups in total. The number of amides is 1. The number of benzene rings is 2. The minimum atomic E-state index is -0.647. The summed E-state index contributed by atoms with van der Waals surface area (Å²) in [6.45, 7) is 7.75. The van der Waals surface area contributed by atoms with Gasteiger partial charge in [-0.05, 0) is 44.2 Å². The summed E-state index contributed by atoms with van der Waals surface area (Å²) in [7, 11) is 2.99. The molecule has 1 amide bonds. The molecule has 0 unspecified atom stereocenters. The fourth-order valence-electron chi connectivity index (χ4n) is 3.19. The molecule has 3 rings (SSSR count). The minimum absolute atomic E-state index is 0.0394. The first-order chi connectivity index (χ1) is 15.3. The molecule has 7 nitrogen and oxygen atoms in total. The van der Waals surface area contributed by atoms with Crippen LogP contribution in [0.4, 0.5) is 5.69 Å². The van der Waals surface area contributed by atoms with Crippen LogP contribution in [0.1, 0.15) is 51.4 Å². The van der Waals surface area contributed by atoms with Gasteiger partial charge in [0.2, 0.25) is 0 Å². The van der Waals surface area contributed by atoms with Crippen molar-refractivity contribution in [3.63, 3.8) is 0 Å². The summed E-state index contributed by atoms with van der Waals surface area (Å²) in [5, 5.41) is 22.2. The number of methoxy groups -OCH3 is 1. The first kappa shape index (κ1) is 24.2. The van der Waals surface area contributed by atoms with Crippen molar-refractivity contribution in [2.75, 3.05) is 12.4 Å². The van der Waals surface area contributed by atoms with E-state index in [4.69, 9.17) is 4.74 Å². The van der Waals surface area contributed by atoms with E-state index in [2.05, 4.69) is 5.32 Å². The lowest BCUT2D eigenvalue weighted by molar-refractivity contribution is 0.0601. The third-order valence-corrected chi connectivity index (χ3v) is 5.03. The number of phenolic OH excluding ortho intramolecular Hbond substituents is 1. The molecule has 0 atom stereocenters. The molecule has 0 aliphatic carbocycles. The molecule has 0 spiro atoms. The number of phenols is 1. The van der Waals surface area contributed by atoms with Crippen LogP contribution in [0.3, 0.4) is 0 Å². The van der Waals surface area contributed by atoms with Gasteiger partial charge in [0.15, 0.2) is 0 Å². The molecule has 0 fully saturated rings. The zero-order chi connectivity index (χ0) is 24.0. The lowest BCUT2D eigenvalue weighted by Crippen LogP contribution is -2.12. The monoisotopic (exact) mass is 433 g/mol. The number of carbonyl (C=O) groups excluding carboxylic acids is 2. The smallest absolute Gasteiger partial charge is 0.338 e. The van der Waals surface area contributed by atoms with Gasteiger partial charge in [-0.1, -0.05) is 31.5 Å². The summed E-state index contributed by atoms with van der Waals surface area (Å²) in [5.74, 6) is -1.20. The van der Waals surface area contributed by atoms with Gasteiger partial charge in [-0.25, -0.2) is 4.79 Å². The van der Waals surface area contributed by atoms with Crippen molar-refractivity contribution in [1.29, 1.82) is 5.26 Å². The highest BCUT2D eigenvalue weighted by molar-refractivity contribution is 6.06. The maximum Gasteiger partial charge on any atom is 0.338 e. The fraction of sp³-hybridized carbons (Fsp3) is 0.240. The lowest BCUT2D eigenvalue weighted by Gasteiger charge is -2.11. The van der Waals surface area contributed by atoms with Gasteiger partial charge in [0, 0.05) is 29.7 Å². The van der Waals surface area contributed by atoms with Crippen molar-refractivity contribution in [2.24, 2.45) is 7.05 Å². The van der Waals surface area contributed by atoms with E-state index < -0.39 is 5.97 Å². The average Bonchev–Trinajstić information content (AvgIpc) is 3.10. The van der Waals surface area contributed by atoms with E-state index in [0.29, 0.717) is 28.2 Å². The Kier molecular flexibility index (Phi) is 7.81. The standard InChI is InChI=1S/C23H21N3O4.C2H6/c1-13-5-7-16(8-6-13)25-22(28)17-10-20(26(3)14(17)2)18-11-21(27)15(12-24)9-19(18)23(29)30-4;1-2/h5-11,27H,1-4H3,(H,25,28);1-2H3. The highest BCUT2D eigenvalue weighted by Crippen LogP contribution is 2.33. The average molecular weight is 434 g/mol. The molecule has 32 heavy (non-hydrogen) atoms. The summed E-state index contributed by atoms with van der Waals surface area (Å²) in [6.07, 6.45) is 0. The summed E-state index contributed by atoms with van der Waals surface area (Å²) in [4.78, 5) is 25.1. The number of aromatic nitrogens is 1. The van der Waals surface area contributed by atoms with E-state index in [1.807, 2.05) is 51.1 Å². The Morgan fingerprint density at radius 3 is 2.25 bits per heavy atom. The van der Waals surface area contributed by atoms with Crippen LogP contribution in [0.5, 0.6) is 5.75 Å². The second kappa shape index (κ2) is 10.3. The molecular formula is C25H27N3O4. The Morgan fingerprint density at radius 1 is 1.06 bits per heavy atom. The molecule has 7 heteroatoms. The van der Waals surface area contributed by atoms with Gasteiger partial charge in [-0.15, -0.1) is 0 Å². The summed E-state index contributed by atoms with van der Waals surface area (Å²) < 4.78 is 6.58. The predicted octanol–water partition coefficient (Wildman–Crippen LogP) is 4.95. The quantitative estimate of drug-likeness (QED) is 0.567. The Bertz CT molecular complexity index is 1190. The van der Waals surface area contributed by atoms with Crippen LogP contribution < -0.4 is 5.32 Å². The summed E-state index contributed by atoms with van der Waals surface area (Å²) in [6, 6.07) is 13.6. The Hall–Kier alpha value is -4.05. The van der Waals surface area contributed by atoms with Crippen LogP contribution >= 0.6 is 0 Å². The summed E-state index contributed by atoms with van der Waals surface area (Å²) >= 11 is 0. The SMILES string of the molecule is CC.COC(=O)c1cc(C#N)c(O)cc1-c1cc(C(=O)Nc2ccc(C)cc2)c(C)n1C. The molecule has 1 aromatic heterocycles. The van der Waals surface area contributed by atoms with Crippen LogP contribution in [-0.2, 0) is 11.8 Å². The molecule has 166 valence electrons. The van der Waals surface area contributed by atoms with Crippen LogP contribution in [0.25, 0.3) is 11.3 Å². The molecule has 2 aromatic carbocycles. The largest absolute Gasteiger partial charge is 0.507 e. The maximum atomic E-state index is 12.9. The first-order valence-corrected chi connectivity index (χ1v) is 10.2. The van der Waals surface area contributed by atoms with E-state index in [0.717, 1.165) is 5.56 Å². The third kappa shape index (κ3) is 4.81. The molecule has 0 aliphatic rings. The lowest BCUT2D eigenvalue weighted by atomic mass is 10.00. The number of hydrogen-bond acceptors (Lipinski definition) is 5. The summed E-state index contributed by atoms with van der Waals surface area (Å²) in [5.41, 5.74) is 3.83. The number of anilines is 1.